The molecule has 1 aliphatic heterocycles. The van der Waals surface area contributed by atoms with Crippen molar-refractivity contribution >= 4 is 21.8 Å². The molecule has 0 bridgehead atoms. The molecular weight excluding hydrogens is 270 g/mol. The van der Waals surface area contributed by atoms with Crippen molar-refractivity contribution in [2.75, 3.05) is 13.2 Å². The third kappa shape index (κ3) is 1.57. The summed E-state index contributed by atoms with van der Waals surface area (Å²) in [6.45, 7) is 0.859. The minimum absolute atomic E-state index is 0.0139. The molecule has 3 rings (SSSR count). The smallest absolute Gasteiger partial charge is 0.246 e. The van der Waals surface area contributed by atoms with E-state index in [0.29, 0.717) is 12.5 Å². The van der Waals surface area contributed by atoms with Crippen molar-refractivity contribution in [2.45, 2.75) is 12.0 Å². The van der Waals surface area contributed by atoms with Gasteiger partial charge in [-0.15, -0.1) is 0 Å². The Balaban J connectivity index is 1.96. The van der Waals surface area contributed by atoms with Gasteiger partial charge < -0.3 is 10.1 Å². The summed E-state index contributed by atoms with van der Waals surface area (Å²) in [4.78, 5) is 11.5. The van der Waals surface area contributed by atoms with Crippen LogP contribution in [0.1, 0.15) is 12.0 Å². The van der Waals surface area contributed by atoms with Crippen LogP contribution in [-0.2, 0) is 15.1 Å². The molecule has 0 aromatic heterocycles. The minimum atomic E-state index is -0.169. The Bertz CT molecular complexity index is 448. The summed E-state index contributed by atoms with van der Waals surface area (Å²) >= 11 is 3.46. The van der Waals surface area contributed by atoms with E-state index in [0.717, 1.165) is 10.9 Å². The van der Waals surface area contributed by atoms with E-state index < -0.39 is 0 Å². The number of amides is 1. The van der Waals surface area contributed by atoms with Crippen molar-refractivity contribution in [2.24, 2.45) is 5.92 Å². The monoisotopic (exact) mass is 281 g/mol. The molecule has 4 heteroatoms. The van der Waals surface area contributed by atoms with Gasteiger partial charge in [0.15, 0.2) is 0 Å². The van der Waals surface area contributed by atoms with E-state index in [1.54, 1.807) is 0 Å². The number of carbonyl (C=O) groups is 1. The largest absolute Gasteiger partial charge is 0.371 e. The highest BCUT2D eigenvalue weighted by Gasteiger charge is 2.57. The number of benzene rings is 1. The Kier molecular flexibility index (Phi) is 2.30. The van der Waals surface area contributed by atoms with Crippen molar-refractivity contribution in [1.29, 1.82) is 0 Å². The highest BCUT2D eigenvalue weighted by atomic mass is 79.9. The Morgan fingerprint density at radius 1 is 1.50 bits per heavy atom. The second-order valence-corrected chi connectivity index (χ2v) is 5.36. The molecule has 1 aromatic carbocycles. The predicted molar refractivity (Wildman–Crippen MR) is 62.9 cm³/mol. The van der Waals surface area contributed by atoms with Crippen LogP contribution < -0.4 is 5.32 Å². The molecule has 1 N–H and O–H groups in total. The molecule has 0 radical (unpaired) electrons. The normalized spacial score (nSPS) is 32.6. The van der Waals surface area contributed by atoms with Gasteiger partial charge in [0.1, 0.15) is 6.61 Å². The molecule has 3 nitrogen and oxygen atoms in total. The topological polar surface area (TPSA) is 38.3 Å². The third-order valence-corrected chi connectivity index (χ3v) is 3.85. The van der Waals surface area contributed by atoms with Crippen molar-refractivity contribution in [3.05, 3.63) is 34.3 Å². The van der Waals surface area contributed by atoms with E-state index in [4.69, 9.17) is 4.74 Å². The van der Waals surface area contributed by atoms with Crippen LogP contribution in [-0.4, -0.2) is 19.1 Å². The average molecular weight is 282 g/mol. The van der Waals surface area contributed by atoms with Crippen LogP contribution >= 0.6 is 15.9 Å². The molecule has 1 aliphatic carbocycles. The van der Waals surface area contributed by atoms with E-state index >= 15 is 0 Å². The van der Waals surface area contributed by atoms with Gasteiger partial charge >= 0.3 is 0 Å². The van der Waals surface area contributed by atoms with E-state index in [1.807, 2.05) is 12.1 Å². The molecule has 0 unspecified atom stereocenters. The maximum Gasteiger partial charge on any atom is 0.246 e. The summed E-state index contributed by atoms with van der Waals surface area (Å²) in [6, 6.07) is 8.13. The van der Waals surface area contributed by atoms with Gasteiger partial charge in [-0.3, -0.25) is 4.79 Å². The van der Waals surface area contributed by atoms with Crippen molar-refractivity contribution in [3.63, 3.8) is 0 Å². The molecular formula is C12H12BrNO2. The molecule has 1 amide bonds. The maximum atomic E-state index is 11.5. The molecule has 1 saturated carbocycles. The van der Waals surface area contributed by atoms with E-state index in [1.165, 1.54) is 5.56 Å². The van der Waals surface area contributed by atoms with Crippen LogP contribution in [0.15, 0.2) is 28.7 Å². The second kappa shape index (κ2) is 3.57. The van der Waals surface area contributed by atoms with Crippen LogP contribution in [0.4, 0.5) is 0 Å². The first kappa shape index (κ1) is 10.3. The summed E-state index contributed by atoms with van der Waals surface area (Å²) < 4.78 is 6.36. The first-order valence-corrected chi connectivity index (χ1v) is 6.15. The number of nitrogens with one attached hydrogen (secondary N) is 1. The van der Waals surface area contributed by atoms with E-state index in [2.05, 4.69) is 33.4 Å². The summed E-state index contributed by atoms with van der Waals surface area (Å²) in [5.74, 6) is 0.410. The van der Waals surface area contributed by atoms with Crippen molar-refractivity contribution in [3.8, 4) is 0 Å². The predicted octanol–water partition coefficient (Wildman–Crippen LogP) is 1.81. The van der Waals surface area contributed by atoms with Crippen LogP contribution in [0.5, 0.6) is 0 Å². The highest BCUT2D eigenvalue weighted by molar-refractivity contribution is 9.10. The lowest BCUT2D eigenvalue weighted by molar-refractivity contribution is -0.125. The fourth-order valence-electron chi connectivity index (χ4n) is 2.45. The zero-order chi connectivity index (χ0) is 11.2. The third-order valence-electron chi connectivity index (χ3n) is 3.36. The first-order chi connectivity index (χ1) is 7.71. The lowest BCUT2D eigenvalue weighted by Crippen LogP contribution is -2.36. The van der Waals surface area contributed by atoms with Gasteiger partial charge in [-0.2, -0.15) is 0 Å². The standard InChI is InChI=1S/C12H12BrNO2/c13-10-3-1-2-8(4-10)12-5-9(12)6-16-7-11(15)14-12/h1-4,9H,5-7H2,(H,14,15)/t9-,12-/m1/s1. The Morgan fingerprint density at radius 2 is 2.38 bits per heavy atom. The van der Waals surface area contributed by atoms with Gasteiger partial charge in [-0.1, -0.05) is 28.1 Å². The Hall–Kier alpha value is -0.870. The molecule has 84 valence electrons. The number of hydrogen-bond acceptors (Lipinski definition) is 2. The second-order valence-electron chi connectivity index (χ2n) is 4.45. The van der Waals surface area contributed by atoms with Crippen LogP contribution in [0.25, 0.3) is 0 Å². The molecule has 1 aromatic rings. The van der Waals surface area contributed by atoms with Gasteiger partial charge in [0.25, 0.3) is 0 Å². The van der Waals surface area contributed by atoms with E-state index in [-0.39, 0.29) is 18.1 Å². The van der Waals surface area contributed by atoms with Crippen LogP contribution in [0.2, 0.25) is 0 Å². The highest BCUT2D eigenvalue weighted by Crippen LogP contribution is 2.53. The summed E-state index contributed by atoms with van der Waals surface area (Å²) in [5.41, 5.74) is 1.00. The van der Waals surface area contributed by atoms with Gasteiger partial charge in [-0.05, 0) is 24.1 Å². The minimum Gasteiger partial charge on any atom is -0.371 e. The molecule has 2 aliphatic rings. The molecule has 1 heterocycles. The van der Waals surface area contributed by atoms with Gasteiger partial charge in [-0.25, -0.2) is 0 Å². The van der Waals surface area contributed by atoms with E-state index in [9.17, 15) is 4.79 Å². The molecule has 2 atom stereocenters. The van der Waals surface area contributed by atoms with Gasteiger partial charge in [0.05, 0.1) is 12.1 Å². The summed E-state index contributed by atoms with van der Waals surface area (Å²) in [6.07, 6.45) is 0.981. The Morgan fingerprint density at radius 3 is 3.19 bits per heavy atom. The van der Waals surface area contributed by atoms with Crippen molar-refractivity contribution in [1.82, 2.24) is 5.32 Å². The molecule has 16 heavy (non-hydrogen) atoms. The lowest BCUT2D eigenvalue weighted by atomic mass is 10.0. The zero-order valence-electron chi connectivity index (χ0n) is 8.70. The first-order valence-electron chi connectivity index (χ1n) is 5.35. The van der Waals surface area contributed by atoms with Crippen LogP contribution in [0, 0.1) is 5.92 Å². The quantitative estimate of drug-likeness (QED) is 0.853. The molecule has 1 saturated heterocycles. The SMILES string of the molecule is O=C1COC[C@H]2C[C@]2(c2cccc(Br)c2)N1. The Labute approximate surface area is 102 Å². The molecule has 0 spiro atoms. The maximum absolute atomic E-state index is 11.5. The zero-order valence-corrected chi connectivity index (χ0v) is 10.3. The van der Waals surface area contributed by atoms with Crippen LogP contribution in [0.3, 0.4) is 0 Å². The lowest BCUT2D eigenvalue weighted by Gasteiger charge is -2.17. The number of hydrogen-bond donors (Lipinski definition) is 1. The number of ether oxygens (including phenoxy) is 1. The van der Waals surface area contributed by atoms with Gasteiger partial charge in [0, 0.05) is 10.4 Å². The van der Waals surface area contributed by atoms with Crippen molar-refractivity contribution < 1.29 is 9.53 Å². The number of rotatable bonds is 1. The average Bonchev–Trinajstić information content (AvgIpc) is 2.93. The number of carbonyl (C=O) groups excluding carboxylic acids is 1. The fourth-order valence-corrected chi connectivity index (χ4v) is 2.85. The van der Waals surface area contributed by atoms with Gasteiger partial charge in [0.2, 0.25) is 5.91 Å². The summed E-state index contributed by atoms with van der Waals surface area (Å²) in [7, 11) is 0. The molecule has 2 fully saturated rings. The number of halogens is 1. The summed E-state index contributed by atoms with van der Waals surface area (Å²) in [5, 5.41) is 3.09. The fraction of sp³-hybridized carbons (Fsp3) is 0.417. The number of fused-ring (bicyclic) bond motifs is 1.